The van der Waals surface area contributed by atoms with Crippen molar-refractivity contribution < 1.29 is 4.79 Å². The Morgan fingerprint density at radius 2 is 2.06 bits per heavy atom. The minimum absolute atomic E-state index is 0.152. The van der Waals surface area contributed by atoms with Gasteiger partial charge in [0.25, 0.3) is 0 Å². The summed E-state index contributed by atoms with van der Waals surface area (Å²) in [5, 5.41) is 0. The van der Waals surface area contributed by atoms with E-state index in [1.807, 2.05) is 37.4 Å². The van der Waals surface area contributed by atoms with Gasteiger partial charge in [0.2, 0.25) is 5.91 Å². The molecule has 1 aliphatic rings. The number of likely N-dealkylation sites (tertiary alicyclic amines) is 1. The van der Waals surface area contributed by atoms with Crippen molar-refractivity contribution in [3.63, 3.8) is 0 Å². The summed E-state index contributed by atoms with van der Waals surface area (Å²) in [4.78, 5) is 16.4. The summed E-state index contributed by atoms with van der Waals surface area (Å²) in [6, 6.07) is 9.85. The second-order valence-corrected chi connectivity index (χ2v) is 4.83. The predicted molar refractivity (Wildman–Crippen MR) is 70.1 cm³/mol. The molecule has 0 radical (unpaired) electrons. The van der Waals surface area contributed by atoms with Gasteiger partial charge in [-0.2, -0.15) is 0 Å². The molecule has 1 unspecified atom stereocenters. The molecule has 17 heavy (non-hydrogen) atoms. The fourth-order valence-electron chi connectivity index (χ4n) is 2.42. The zero-order chi connectivity index (χ0) is 12.3. The Balaban J connectivity index is 2.04. The van der Waals surface area contributed by atoms with Crippen LogP contribution in [0.3, 0.4) is 0 Å². The van der Waals surface area contributed by atoms with E-state index in [1.165, 1.54) is 0 Å². The Labute approximate surface area is 103 Å². The minimum atomic E-state index is 0.152. The number of carbonyl (C=O) groups excluding carboxylic acids is 1. The van der Waals surface area contributed by atoms with Crippen LogP contribution in [0.4, 0.5) is 5.69 Å². The molecule has 1 amide bonds. The summed E-state index contributed by atoms with van der Waals surface area (Å²) in [5.41, 5.74) is 0.978. The highest BCUT2D eigenvalue weighted by atomic mass is 16.2. The second-order valence-electron chi connectivity index (χ2n) is 4.83. The van der Waals surface area contributed by atoms with E-state index >= 15 is 0 Å². The van der Waals surface area contributed by atoms with Crippen molar-refractivity contribution in [2.45, 2.75) is 12.8 Å². The van der Waals surface area contributed by atoms with E-state index in [1.54, 1.807) is 4.90 Å². The van der Waals surface area contributed by atoms with Crippen molar-refractivity contribution in [1.29, 1.82) is 0 Å². The van der Waals surface area contributed by atoms with Crippen molar-refractivity contribution in [2.24, 2.45) is 5.92 Å². The SMILES string of the molecule is CN1CCCC(C(=O)N(C)c2ccccc2)C1. The fourth-order valence-corrected chi connectivity index (χ4v) is 2.42. The van der Waals surface area contributed by atoms with Crippen LogP contribution in [0, 0.1) is 5.92 Å². The molecule has 1 aromatic carbocycles. The van der Waals surface area contributed by atoms with Gasteiger partial charge in [0, 0.05) is 19.3 Å². The lowest BCUT2D eigenvalue weighted by molar-refractivity contribution is -0.123. The molecular formula is C14H20N2O. The normalized spacial score (nSPS) is 21.2. The largest absolute Gasteiger partial charge is 0.315 e. The molecule has 92 valence electrons. The molecule has 1 aliphatic heterocycles. The Morgan fingerprint density at radius 1 is 1.35 bits per heavy atom. The van der Waals surface area contributed by atoms with Gasteiger partial charge in [-0.1, -0.05) is 18.2 Å². The van der Waals surface area contributed by atoms with E-state index < -0.39 is 0 Å². The highest BCUT2D eigenvalue weighted by Gasteiger charge is 2.26. The summed E-state index contributed by atoms with van der Waals surface area (Å²) in [6.07, 6.45) is 2.13. The molecule has 1 saturated heterocycles. The van der Waals surface area contributed by atoms with Crippen LogP contribution in [0.15, 0.2) is 30.3 Å². The van der Waals surface area contributed by atoms with Gasteiger partial charge in [-0.05, 0) is 38.6 Å². The molecule has 1 atom stereocenters. The summed E-state index contributed by atoms with van der Waals surface area (Å²) in [5.74, 6) is 0.390. The summed E-state index contributed by atoms with van der Waals surface area (Å²) in [7, 11) is 3.95. The van der Waals surface area contributed by atoms with Crippen LogP contribution in [0.1, 0.15) is 12.8 Å². The smallest absolute Gasteiger partial charge is 0.231 e. The first-order valence-electron chi connectivity index (χ1n) is 6.19. The third kappa shape index (κ3) is 2.86. The number of para-hydroxylation sites is 1. The maximum Gasteiger partial charge on any atom is 0.231 e. The number of amides is 1. The van der Waals surface area contributed by atoms with E-state index in [0.29, 0.717) is 0 Å². The van der Waals surface area contributed by atoms with Crippen molar-refractivity contribution in [3.05, 3.63) is 30.3 Å². The van der Waals surface area contributed by atoms with Crippen LogP contribution in [-0.4, -0.2) is 38.0 Å². The molecule has 2 rings (SSSR count). The number of piperidine rings is 1. The number of hydrogen-bond donors (Lipinski definition) is 0. The molecule has 0 aromatic heterocycles. The zero-order valence-electron chi connectivity index (χ0n) is 10.6. The van der Waals surface area contributed by atoms with Crippen LogP contribution in [0.2, 0.25) is 0 Å². The average Bonchev–Trinajstić information content (AvgIpc) is 2.38. The molecule has 3 nitrogen and oxygen atoms in total. The Kier molecular flexibility index (Phi) is 3.79. The van der Waals surface area contributed by atoms with Crippen molar-refractivity contribution in [2.75, 3.05) is 32.1 Å². The monoisotopic (exact) mass is 232 g/mol. The molecule has 0 aliphatic carbocycles. The Bertz CT molecular complexity index is 377. The highest BCUT2D eigenvalue weighted by Crippen LogP contribution is 2.20. The van der Waals surface area contributed by atoms with Gasteiger partial charge in [0.15, 0.2) is 0 Å². The third-order valence-electron chi connectivity index (χ3n) is 3.45. The van der Waals surface area contributed by atoms with Gasteiger partial charge in [-0.25, -0.2) is 0 Å². The summed E-state index contributed by atoms with van der Waals surface area (Å²) < 4.78 is 0. The standard InChI is InChI=1S/C14H20N2O/c1-15-10-6-7-12(11-15)14(17)16(2)13-8-4-3-5-9-13/h3-5,8-9,12H,6-7,10-11H2,1-2H3. The summed E-state index contributed by atoms with van der Waals surface area (Å²) in [6.45, 7) is 1.99. The molecule has 0 N–H and O–H groups in total. The first kappa shape index (κ1) is 12.1. The lowest BCUT2D eigenvalue weighted by Crippen LogP contribution is -2.42. The molecular weight excluding hydrogens is 212 g/mol. The number of hydrogen-bond acceptors (Lipinski definition) is 2. The van der Waals surface area contributed by atoms with Crippen LogP contribution >= 0.6 is 0 Å². The lowest BCUT2D eigenvalue weighted by Gasteiger charge is -2.31. The zero-order valence-corrected chi connectivity index (χ0v) is 10.6. The van der Waals surface area contributed by atoms with Crippen molar-refractivity contribution >= 4 is 11.6 Å². The van der Waals surface area contributed by atoms with E-state index in [0.717, 1.165) is 31.6 Å². The van der Waals surface area contributed by atoms with E-state index in [4.69, 9.17) is 0 Å². The maximum atomic E-state index is 12.3. The number of rotatable bonds is 2. The average molecular weight is 232 g/mol. The fraction of sp³-hybridized carbons (Fsp3) is 0.500. The number of carbonyl (C=O) groups is 1. The molecule has 3 heteroatoms. The first-order chi connectivity index (χ1) is 8.18. The van der Waals surface area contributed by atoms with E-state index in [9.17, 15) is 4.79 Å². The third-order valence-corrected chi connectivity index (χ3v) is 3.45. The summed E-state index contributed by atoms with van der Waals surface area (Å²) >= 11 is 0. The van der Waals surface area contributed by atoms with Gasteiger partial charge < -0.3 is 9.80 Å². The van der Waals surface area contributed by atoms with E-state index in [-0.39, 0.29) is 11.8 Å². The van der Waals surface area contributed by atoms with E-state index in [2.05, 4.69) is 11.9 Å². The molecule has 0 saturated carbocycles. The Morgan fingerprint density at radius 3 is 2.71 bits per heavy atom. The highest BCUT2D eigenvalue weighted by molar-refractivity contribution is 5.94. The van der Waals surface area contributed by atoms with Crippen LogP contribution in [-0.2, 0) is 4.79 Å². The predicted octanol–water partition coefficient (Wildman–Crippen LogP) is 1.99. The quantitative estimate of drug-likeness (QED) is 0.778. The van der Waals surface area contributed by atoms with Crippen molar-refractivity contribution in [1.82, 2.24) is 4.90 Å². The second kappa shape index (κ2) is 5.32. The Hall–Kier alpha value is -1.35. The lowest BCUT2D eigenvalue weighted by atomic mass is 9.97. The van der Waals surface area contributed by atoms with Gasteiger partial charge in [0.05, 0.1) is 5.92 Å². The van der Waals surface area contributed by atoms with Gasteiger partial charge in [0.1, 0.15) is 0 Å². The number of benzene rings is 1. The van der Waals surface area contributed by atoms with Crippen LogP contribution in [0.25, 0.3) is 0 Å². The number of nitrogens with zero attached hydrogens (tertiary/aromatic N) is 2. The maximum absolute atomic E-state index is 12.3. The van der Waals surface area contributed by atoms with Crippen LogP contribution in [0.5, 0.6) is 0 Å². The van der Waals surface area contributed by atoms with Gasteiger partial charge in [-0.15, -0.1) is 0 Å². The molecule has 0 spiro atoms. The topological polar surface area (TPSA) is 23.6 Å². The van der Waals surface area contributed by atoms with Crippen molar-refractivity contribution in [3.8, 4) is 0 Å². The molecule has 1 heterocycles. The number of anilines is 1. The van der Waals surface area contributed by atoms with Gasteiger partial charge in [-0.3, -0.25) is 4.79 Å². The molecule has 0 bridgehead atoms. The van der Waals surface area contributed by atoms with Gasteiger partial charge >= 0.3 is 0 Å². The first-order valence-corrected chi connectivity index (χ1v) is 6.19. The molecule has 1 aromatic rings. The van der Waals surface area contributed by atoms with Crippen LogP contribution < -0.4 is 4.90 Å². The minimum Gasteiger partial charge on any atom is -0.315 e. The molecule has 1 fully saturated rings.